The summed E-state index contributed by atoms with van der Waals surface area (Å²) in [7, 11) is 0. The molecule has 0 spiro atoms. The zero-order valence-corrected chi connectivity index (χ0v) is 12.6. The highest BCUT2D eigenvalue weighted by molar-refractivity contribution is 5.95. The van der Waals surface area contributed by atoms with Crippen molar-refractivity contribution < 1.29 is 9.53 Å². The molecule has 4 nitrogen and oxygen atoms in total. The van der Waals surface area contributed by atoms with Crippen LogP contribution in [-0.2, 0) is 4.74 Å². The summed E-state index contributed by atoms with van der Waals surface area (Å²) >= 11 is 0. The van der Waals surface area contributed by atoms with E-state index < -0.39 is 0 Å². The quantitative estimate of drug-likeness (QED) is 0.785. The molecule has 0 aliphatic carbocycles. The van der Waals surface area contributed by atoms with E-state index in [1.165, 1.54) is 12.5 Å². The number of aromatic nitrogens is 2. The van der Waals surface area contributed by atoms with Crippen molar-refractivity contribution in [3.63, 3.8) is 0 Å². The topological polar surface area (TPSA) is 52.1 Å². The van der Waals surface area contributed by atoms with Gasteiger partial charge in [-0.05, 0) is 19.3 Å². The van der Waals surface area contributed by atoms with E-state index in [9.17, 15) is 4.79 Å². The van der Waals surface area contributed by atoms with Gasteiger partial charge in [0.15, 0.2) is 0 Å². The molecule has 1 aromatic heterocycles. The molecule has 21 heavy (non-hydrogen) atoms. The molecule has 0 aliphatic heterocycles. The number of carbonyl (C=O) groups excluding carboxylic acids is 1. The van der Waals surface area contributed by atoms with Crippen LogP contribution < -0.4 is 0 Å². The largest absolute Gasteiger partial charge is 0.459 e. The van der Waals surface area contributed by atoms with E-state index in [0.717, 1.165) is 12.0 Å². The first-order valence-electron chi connectivity index (χ1n) is 7.14. The molecule has 1 atom stereocenters. The normalized spacial score (nSPS) is 12.2. The van der Waals surface area contributed by atoms with Crippen molar-refractivity contribution in [3.8, 4) is 11.3 Å². The minimum atomic E-state index is -0.373. The Bertz CT molecular complexity index is 597. The van der Waals surface area contributed by atoms with Gasteiger partial charge >= 0.3 is 5.97 Å². The second-order valence-corrected chi connectivity index (χ2v) is 5.50. The summed E-state index contributed by atoms with van der Waals surface area (Å²) in [6.07, 6.45) is 3.66. The predicted octanol–water partition coefficient (Wildman–Crippen LogP) is 3.74. The molecule has 0 aliphatic rings. The van der Waals surface area contributed by atoms with Crippen LogP contribution >= 0.6 is 0 Å². The summed E-state index contributed by atoms with van der Waals surface area (Å²) in [5.74, 6) is 0.107. The van der Waals surface area contributed by atoms with E-state index in [1.54, 1.807) is 0 Å². The molecule has 0 N–H and O–H groups in total. The molecule has 0 amide bonds. The van der Waals surface area contributed by atoms with Gasteiger partial charge < -0.3 is 4.74 Å². The van der Waals surface area contributed by atoms with Gasteiger partial charge in [-0.25, -0.2) is 14.8 Å². The first-order valence-corrected chi connectivity index (χ1v) is 7.14. The molecule has 0 saturated heterocycles. The van der Waals surface area contributed by atoms with Gasteiger partial charge in [0.25, 0.3) is 0 Å². The Morgan fingerprint density at radius 1 is 1.19 bits per heavy atom. The summed E-state index contributed by atoms with van der Waals surface area (Å²) in [5, 5.41) is 0. The van der Waals surface area contributed by atoms with E-state index in [-0.39, 0.29) is 12.1 Å². The van der Waals surface area contributed by atoms with Crippen molar-refractivity contribution in [2.24, 2.45) is 5.92 Å². The molecule has 110 valence electrons. The molecule has 4 heteroatoms. The van der Waals surface area contributed by atoms with E-state index in [1.807, 2.05) is 37.3 Å². The van der Waals surface area contributed by atoms with E-state index >= 15 is 0 Å². The van der Waals surface area contributed by atoms with E-state index in [2.05, 4.69) is 23.8 Å². The third kappa shape index (κ3) is 4.12. The number of hydrogen-bond acceptors (Lipinski definition) is 4. The van der Waals surface area contributed by atoms with Gasteiger partial charge in [0.05, 0.1) is 11.8 Å². The molecular formula is C17H20N2O2. The van der Waals surface area contributed by atoms with Gasteiger partial charge in [-0.15, -0.1) is 0 Å². The van der Waals surface area contributed by atoms with E-state index in [0.29, 0.717) is 17.2 Å². The first-order chi connectivity index (χ1) is 10.1. The molecule has 2 rings (SSSR count). The average molecular weight is 284 g/mol. The van der Waals surface area contributed by atoms with Crippen molar-refractivity contribution >= 4 is 5.97 Å². The van der Waals surface area contributed by atoms with Crippen LogP contribution in [0.3, 0.4) is 0 Å². The Hall–Kier alpha value is -2.23. The van der Waals surface area contributed by atoms with E-state index in [4.69, 9.17) is 4.74 Å². The Labute approximate surface area is 125 Å². The molecule has 0 fully saturated rings. The predicted molar refractivity (Wildman–Crippen MR) is 81.8 cm³/mol. The SMILES string of the molecule is CC(C)CC(C)OC(=O)c1cncnc1-c1ccccc1. The van der Waals surface area contributed by atoms with Crippen LogP contribution in [0.1, 0.15) is 37.6 Å². The number of ether oxygens (including phenoxy) is 1. The van der Waals surface area contributed by atoms with Gasteiger partial charge in [0, 0.05) is 11.8 Å². The number of nitrogens with zero attached hydrogens (tertiary/aromatic N) is 2. The fourth-order valence-corrected chi connectivity index (χ4v) is 2.26. The minimum Gasteiger partial charge on any atom is -0.459 e. The molecular weight excluding hydrogens is 264 g/mol. The Balaban J connectivity index is 2.22. The van der Waals surface area contributed by atoms with Gasteiger partial charge in [-0.2, -0.15) is 0 Å². The summed E-state index contributed by atoms with van der Waals surface area (Å²) in [6.45, 7) is 6.11. The van der Waals surface area contributed by atoms with Gasteiger partial charge in [-0.3, -0.25) is 0 Å². The number of rotatable bonds is 5. The lowest BCUT2D eigenvalue weighted by Gasteiger charge is -2.16. The molecule has 0 saturated carbocycles. The third-order valence-corrected chi connectivity index (χ3v) is 3.09. The highest BCUT2D eigenvalue weighted by Gasteiger charge is 2.18. The highest BCUT2D eigenvalue weighted by atomic mass is 16.5. The number of esters is 1. The lowest BCUT2D eigenvalue weighted by molar-refractivity contribution is 0.0299. The van der Waals surface area contributed by atoms with Crippen LogP contribution in [0.5, 0.6) is 0 Å². The van der Waals surface area contributed by atoms with Crippen LogP contribution in [0.15, 0.2) is 42.9 Å². The summed E-state index contributed by atoms with van der Waals surface area (Å²) in [5.41, 5.74) is 1.88. The first kappa shape index (κ1) is 15.2. The Kier molecular flexibility index (Phi) is 5.04. The molecule has 1 unspecified atom stereocenters. The molecule has 0 bridgehead atoms. The maximum Gasteiger partial charge on any atom is 0.342 e. The van der Waals surface area contributed by atoms with Crippen molar-refractivity contribution in [3.05, 3.63) is 48.4 Å². The Morgan fingerprint density at radius 3 is 2.57 bits per heavy atom. The standard InChI is InChI=1S/C17H20N2O2/c1-12(2)9-13(3)21-17(20)15-10-18-11-19-16(15)14-7-5-4-6-8-14/h4-8,10-13H,9H2,1-3H3. The minimum absolute atomic E-state index is 0.124. The lowest BCUT2D eigenvalue weighted by atomic mass is 10.1. The van der Waals surface area contributed by atoms with Crippen molar-refractivity contribution in [1.29, 1.82) is 0 Å². The second kappa shape index (κ2) is 6.97. The fraction of sp³-hybridized carbons (Fsp3) is 0.353. The van der Waals surface area contributed by atoms with Crippen LogP contribution in [-0.4, -0.2) is 22.0 Å². The lowest BCUT2D eigenvalue weighted by Crippen LogP contribution is -2.18. The van der Waals surface area contributed by atoms with Crippen molar-refractivity contribution in [1.82, 2.24) is 9.97 Å². The second-order valence-electron chi connectivity index (χ2n) is 5.50. The van der Waals surface area contributed by atoms with Crippen LogP contribution in [0.25, 0.3) is 11.3 Å². The molecule has 1 heterocycles. The summed E-state index contributed by atoms with van der Waals surface area (Å²) in [6, 6.07) is 9.57. The number of hydrogen-bond donors (Lipinski definition) is 0. The number of carbonyl (C=O) groups is 1. The highest BCUT2D eigenvalue weighted by Crippen LogP contribution is 2.21. The maximum absolute atomic E-state index is 12.3. The van der Waals surface area contributed by atoms with Crippen LogP contribution in [0, 0.1) is 5.92 Å². The zero-order chi connectivity index (χ0) is 15.2. The third-order valence-electron chi connectivity index (χ3n) is 3.09. The number of benzene rings is 1. The molecule has 1 aromatic carbocycles. The smallest absolute Gasteiger partial charge is 0.342 e. The van der Waals surface area contributed by atoms with Gasteiger partial charge in [-0.1, -0.05) is 44.2 Å². The maximum atomic E-state index is 12.3. The van der Waals surface area contributed by atoms with Crippen molar-refractivity contribution in [2.75, 3.05) is 0 Å². The van der Waals surface area contributed by atoms with Crippen LogP contribution in [0.2, 0.25) is 0 Å². The van der Waals surface area contributed by atoms with Crippen LogP contribution in [0.4, 0.5) is 0 Å². The summed E-state index contributed by atoms with van der Waals surface area (Å²) in [4.78, 5) is 20.5. The van der Waals surface area contributed by atoms with Gasteiger partial charge in [0.1, 0.15) is 11.9 Å². The fourth-order valence-electron chi connectivity index (χ4n) is 2.26. The van der Waals surface area contributed by atoms with Crippen molar-refractivity contribution in [2.45, 2.75) is 33.3 Å². The molecule has 2 aromatic rings. The van der Waals surface area contributed by atoms with Gasteiger partial charge in [0.2, 0.25) is 0 Å². The Morgan fingerprint density at radius 2 is 1.90 bits per heavy atom. The zero-order valence-electron chi connectivity index (χ0n) is 12.6. The summed E-state index contributed by atoms with van der Waals surface area (Å²) < 4.78 is 5.49. The average Bonchev–Trinajstić information content (AvgIpc) is 2.47. The monoisotopic (exact) mass is 284 g/mol. The molecule has 0 radical (unpaired) electrons.